The minimum absolute atomic E-state index is 0.0160. The van der Waals surface area contributed by atoms with Gasteiger partial charge in [0.1, 0.15) is 10.0 Å². The predicted octanol–water partition coefficient (Wildman–Crippen LogP) is 2.30. The average Bonchev–Trinajstić information content (AvgIpc) is 3.39. The molecule has 0 radical (unpaired) electrons. The van der Waals surface area contributed by atoms with Crippen molar-refractivity contribution < 1.29 is 4.79 Å². The van der Waals surface area contributed by atoms with Crippen LogP contribution in [0.5, 0.6) is 0 Å². The third-order valence-corrected chi connectivity index (χ3v) is 5.84. The zero-order valence-corrected chi connectivity index (χ0v) is 16.3. The Morgan fingerprint density at radius 1 is 1.22 bits per heavy atom. The molecular weight excluding hydrogens is 382 g/mol. The molecule has 0 atom stereocenters. The van der Waals surface area contributed by atoms with Crippen LogP contribution in [0.4, 0.5) is 0 Å². The van der Waals surface area contributed by atoms with Crippen LogP contribution in [0.1, 0.15) is 22.9 Å². The highest BCUT2D eigenvalue weighted by atomic mass is 32.1. The summed E-state index contributed by atoms with van der Waals surface area (Å²) in [4.78, 5) is 21.5. The summed E-state index contributed by atoms with van der Waals surface area (Å²) in [6.07, 6.45) is 5.23. The predicted molar refractivity (Wildman–Crippen MR) is 104 cm³/mol. The van der Waals surface area contributed by atoms with Crippen LogP contribution in [-0.2, 0) is 17.6 Å². The molecule has 0 saturated carbocycles. The molecule has 0 spiro atoms. The van der Waals surface area contributed by atoms with Gasteiger partial charge in [-0.25, -0.2) is 4.98 Å². The Morgan fingerprint density at radius 3 is 2.89 bits per heavy atom. The van der Waals surface area contributed by atoms with Gasteiger partial charge in [-0.15, -0.1) is 21.5 Å². The second-order valence-electron chi connectivity index (χ2n) is 5.92. The van der Waals surface area contributed by atoms with E-state index in [0.29, 0.717) is 25.8 Å². The highest BCUT2D eigenvalue weighted by Gasteiger charge is 2.11. The number of thiazole rings is 1. The summed E-state index contributed by atoms with van der Waals surface area (Å²) in [5, 5.41) is 19.2. The van der Waals surface area contributed by atoms with Crippen molar-refractivity contribution in [3.05, 3.63) is 46.4 Å². The van der Waals surface area contributed by atoms with Crippen molar-refractivity contribution in [1.29, 1.82) is 0 Å². The summed E-state index contributed by atoms with van der Waals surface area (Å²) in [5.41, 5.74) is 2.04. The van der Waals surface area contributed by atoms with Gasteiger partial charge in [0.25, 0.3) is 0 Å². The Hall–Kier alpha value is -2.72. The number of fused-ring (bicyclic) bond motifs is 1. The van der Waals surface area contributed by atoms with E-state index in [2.05, 4.69) is 30.6 Å². The first-order chi connectivity index (χ1) is 13.2. The fourth-order valence-corrected chi connectivity index (χ4v) is 4.28. The molecule has 0 aliphatic carbocycles. The van der Waals surface area contributed by atoms with E-state index in [1.165, 1.54) is 11.3 Å². The zero-order chi connectivity index (χ0) is 18.6. The molecule has 4 rings (SSSR count). The topological polar surface area (TPSA) is 98.0 Å². The van der Waals surface area contributed by atoms with Crippen LogP contribution in [0.25, 0.3) is 15.5 Å². The number of rotatable bonds is 7. The summed E-state index contributed by atoms with van der Waals surface area (Å²) >= 11 is 3.07. The van der Waals surface area contributed by atoms with Gasteiger partial charge >= 0.3 is 0 Å². The van der Waals surface area contributed by atoms with E-state index in [0.717, 1.165) is 32.1 Å². The van der Waals surface area contributed by atoms with Crippen LogP contribution in [-0.4, -0.2) is 42.2 Å². The number of aryl methyl sites for hydroxylation is 2. The van der Waals surface area contributed by atoms with Crippen LogP contribution in [0.15, 0.2) is 29.9 Å². The van der Waals surface area contributed by atoms with Gasteiger partial charge in [-0.1, -0.05) is 11.3 Å². The molecule has 4 heterocycles. The van der Waals surface area contributed by atoms with Crippen LogP contribution < -0.4 is 5.32 Å². The van der Waals surface area contributed by atoms with Gasteiger partial charge < -0.3 is 5.32 Å². The van der Waals surface area contributed by atoms with E-state index >= 15 is 0 Å². The van der Waals surface area contributed by atoms with Crippen LogP contribution >= 0.6 is 22.7 Å². The summed E-state index contributed by atoms with van der Waals surface area (Å²) < 4.78 is 1.71. The molecule has 138 valence electrons. The lowest BCUT2D eigenvalue weighted by Gasteiger charge is -2.02. The normalized spacial score (nSPS) is 11.1. The molecule has 0 aliphatic heterocycles. The van der Waals surface area contributed by atoms with Gasteiger partial charge in [0.15, 0.2) is 5.82 Å². The first-order valence-electron chi connectivity index (χ1n) is 8.48. The highest BCUT2D eigenvalue weighted by molar-refractivity contribution is 7.16. The maximum absolute atomic E-state index is 12.1. The molecule has 1 amide bonds. The molecule has 0 saturated heterocycles. The van der Waals surface area contributed by atoms with Gasteiger partial charge in [0, 0.05) is 49.1 Å². The second kappa shape index (κ2) is 7.89. The molecule has 10 heteroatoms. The molecule has 1 N–H and O–H groups in total. The summed E-state index contributed by atoms with van der Waals surface area (Å²) in [6, 6.07) is 3.88. The maximum atomic E-state index is 12.1. The van der Waals surface area contributed by atoms with E-state index in [-0.39, 0.29) is 5.91 Å². The summed E-state index contributed by atoms with van der Waals surface area (Å²) in [6.45, 7) is 2.43. The SMILES string of the molecule is Cc1nnc2sc(CCC(=O)NCCc3csc(-c4ccncc4)n3)nn12. The largest absolute Gasteiger partial charge is 0.356 e. The molecule has 0 fully saturated rings. The van der Waals surface area contributed by atoms with E-state index in [4.69, 9.17) is 0 Å². The minimum Gasteiger partial charge on any atom is -0.356 e. The van der Waals surface area contributed by atoms with E-state index in [9.17, 15) is 4.79 Å². The molecular formula is C17H17N7OS2. The van der Waals surface area contributed by atoms with Crippen molar-refractivity contribution in [2.24, 2.45) is 0 Å². The molecule has 0 bridgehead atoms. The van der Waals surface area contributed by atoms with Crippen molar-refractivity contribution >= 4 is 33.5 Å². The molecule has 8 nitrogen and oxygen atoms in total. The van der Waals surface area contributed by atoms with E-state index in [1.54, 1.807) is 28.2 Å². The molecule has 4 aromatic rings. The van der Waals surface area contributed by atoms with Crippen molar-refractivity contribution in [3.8, 4) is 10.6 Å². The fourth-order valence-electron chi connectivity index (χ4n) is 2.54. The first kappa shape index (κ1) is 17.7. The molecule has 4 aromatic heterocycles. The number of nitrogens with one attached hydrogen (secondary N) is 1. The van der Waals surface area contributed by atoms with Crippen molar-refractivity contribution in [2.45, 2.75) is 26.2 Å². The quantitative estimate of drug-likeness (QED) is 0.512. The van der Waals surface area contributed by atoms with Gasteiger partial charge in [0.05, 0.1) is 5.69 Å². The monoisotopic (exact) mass is 399 g/mol. The number of aromatic nitrogens is 6. The molecule has 27 heavy (non-hydrogen) atoms. The van der Waals surface area contributed by atoms with Crippen molar-refractivity contribution in [2.75, 3.05) is 6.54 Å². The Balaban J connectivity index is 1.23. The number of amides is 1. The van der Waals surface area contributed by atoms with Crippen LogP contribution in [0.2, 0.25) is 0 Å². The Bertz CT molecular complexity index is 1050. The average molecular weight is 400 g/mol. The zero-order valence-electron chi connectivity index (χ0n) is 14.6. The molecule has 0 aromatic carbocycles. The number of hydrogen-bond acceptors (Lipinski definition) is 8. The summed E-state index contributed by atoms with van der Waals surface area (Å²) in [7, 11) is 0. The van der Waals surface area contributed by atoms with Crippen LogP contribution in [0, 0.1) is 6.92 Å². The number of pyridine rings is 1. The van der Waals surface area contributed by atoms with E-state index in [1.807, 2.05) is 24.4 Å². The van der Waals surface area contributed by atoms with Gasteiger partial charge in [-0.05, 0) is 19.1 Å². The number of carbonyl (C=O) groups is 1. The van der Waals surface area contributed by atoms with E-state index < -0.39 is 0 Å². The molecule has 0 aliphatic rings. The van der Waals surface area contributed by atoms with Crippen LogP contribution in [0.3, 0.4) is 0 Å². The van der Waals surface area contributed by atoms with Gasteiger partial charge in [0.2, 0.25) is 10.9 Å². The highest BCUT2D eigenvalue weighted by Crippen LogP contribution is 2.22. The van der Waals surface area contributed by atoms with Gasteiger partial charge in [-0.3, -0.25) is 9.78 Å². The van der Waals surface area contributed by atoms with Crippen molar-refractivity contribution in [3.63, 3.8) is 0 Å². The third-order valence-electron chi connectivity index (χ3n) is 3.94. The number of hydrogen-bond donors (Lipinski definition) is 1. The minimum atomic E-state index is 0.0160. The number of nitrogens with zero attached hydrogens (tertiary/aromatic N) is 6. The second-order valence-corrected chi connectivity index (χ2v) is 7.82. The lowest BCUT2D eigenvalue weighted by Crippen LogP contribution is -2.25. The fraction of sp³-hybridized carbons (Fsp3) is 0.294. The Kier molecular flexibility index (Phi) is 5.16. The first-order valence-corrected chi connectivity index (χ1v) is 10.2. The summed E-state index contributed by atoms with van der Waals surface area (Å²) in [5.74, 6) is 0.772. The number of carbonyl (C=O) groups excluding carboxylic acids is 1. The third kappa shape index (κ3) is 4.17. The maximum Gasteiger partial charge on any atom is 0.234 e. The molecule has 0 unspecified atom stereocenters. The smallest absolute Gasteiger partial charge is 0.234 e. The lowest BCUT2D eigenvalue weighted by atomic mass is 10.2. The van der Waals surface area contributed by atoms with Crippen molar-refractivity contribution in [1.82, 2.24) is 35.1 Å². The van der Waals surface area contributed by atoms with Gasteiger partial charge in [-0.2, -0.15) is 9.61 Å². The Morgan fingerprint density at radius 2 is 2.07 bits per heavy atom. The standard InChI is InChI=1S/C17H17N7OS2/c1-11-21-22-17-24(11)23-15(27-17)3-2-14(25)19-9-6-13-10-26-16(20-13)12-4-7-18-8-5-12/h4-5,7-8,10H,2-3,6,9H2,1H3,(H,19,25). The Labute approximate surface area is 163 Å². The lowest BCUT2D eigenvalue weighted by molar-refractivity contribution is -0.121.